The zero-order valence-corrected chi connectivity index (χ0v) is 20.0. The van der Waals surface area contributed by atoms with E-state index < -0.39 is 10.0 Å². The molecule has 0 bridgehead atoms. The lowest BCUT2D eigenvalue weighted by molar-refractivity contribution is 0.262. The molecule has 3 aromatic rings. The molecule has 1 N–H and O–H groups in total. The number of benzene rings is 2. The first-order valence-electron chi connectivity index (χ1n) is 10.5. The molecule has 0 radical (unpaired) electrons. The summed E-state index contributed by atoms with van der Waals surface area (Å²) in [5.74, 6) is 0.833. The molecule has 1 fully saturated rings. The van der Waals surface area contributed by atoms with Gasteiger partial charge in [-0.15, -0.1) is 0 Å². The van der Waals surface area contributed by atoms with Gasteiger partial charge in [0.15, 0.2) is 0 Å². The highest BCUT2D eigenvalue weighted by Gasteiger charge is 2.20. The second-order valence-electron chi connectivity index (χ2n) is 7.76. The van der Waals surface area contributed by atoms with Gasteiger partial charge in [-0.25, -0.2) is 18.1 Å². The van der Waals surface area contributed by atoms with E-state index in [2.05, 4.69) is 18.9 Å². The standard InChI is InChI=1S/C22H26ClN5O2S2/c23-20-8-6-18(7-9-20)16-21-25-22(31-26-21)28-14-12-27(13-15-28)11-10-24-32(29,30)17-19-4-2-1-3-5-19/h1-9,24H,10-17H2. The van der Waals surface area contributed by atoms with Crippen LogP contribution in [0.25, 0.3) is 0 Å². The van der Waals surface area contributed by atoms with Gasteiger partial charge < -0.3 is 4.90 Å². The second kappa shape index (κ2) is 10.7. The summed E-state index contributed by atoms with van der Waals surface area (Å²) in [6, 6.07) is 17.0. The third-order valence-electron chi connectivity index (χ3n) is 5.33. The Hall–Kier alpha value is -2.04. The van der Waals surface area contributed by atoms with E-state index in [0.717, 1.165) is 53.3 Å². The first-order chi connectivity index (χ1) is 15.5. The molecule has 0 amide bonds. The van der Waals surface area contributed by atoms with Crippen molar-refractivity contribution in [3.8, 4) is 0 Å². The van der Waals surface area contributed by atoms with Crippen LogP contribution >= 0.6 is 23.1 Å². The van der Waals surface area contributed by atoms with Gasteiger partial charge in [0, 0.05) is 62.2 Å². The fourth-order valence-corrected chi connectivity index (χ4v) is 5.59. The molecule has 10 heteroatoms. The summed E-state index contributed by atoms with van der Waals surface area (Å²) in [4.78, 5) is 9.23. The lowest BCUT2D eigenvalue weighted by Gasteiger charge is -2.34. The van der Waals surface area contributed by atoms with Gasteiger partial charge >= 0.3 is 0 Å². The van der Waals surface area contributed by atoms with Crippen molar-refractivity contribution in [3.63, 3.8) is 0 Å². The first-order valence-corrected chi connectivity index (χ1v) is 13.3. The van der Waals surface area contributed by atoms with Gasteiger partial charge in [-0.3, -0.25) is 4.90 Å². The van der Waals surface area contributed by atoms with Crippen LogP contribution in [0.4, 0.5) is 5.13 Å². The monoisotopic (exact) mass is 491 g/mol. The third kappa shape index (κ3) is 6.73. The van der Waals surface area contributed by atoms with Crippen molar-refractivity contribution in [2.75, 3.05) is 44.2 Å². The maximum Gasteiger partial charge on any atom is 0.215 e. The number of nitrogens with zero attached hydrogens (tertiary/aromatic N) is 4. The third-order valence-corrected chi connectivity index (χ3v) is 7.75. The summed E-state index contributed by atoms with van der Waals surface area (Å²) in [5, 5.41) is 1.67. The molecule has 1 aliphatic rings. The van der Waals surface area contributed by atoms with E-state index in [1.165, 1.54) is 11.5 Å². The highest BCUT2D eigenvalue weighted by atomic mass is 35.5. The quantitative estimate of drug-likeness (QED) is 0.495. The average molecular weight is 492 g/mol. The van der Waals surface area contributed by atoms with Crippen LogP contribution in [0.15, 0.2) is 54.6 Å². The number of hydrogen-bond acceptors (Lipinski definition) is 7. The second-order valence-corrected chi connectivity index (χ2v) is 10.7. The van der Waals surface area contributed by atoms with Crippen LogP contribution in [-0.2, 0) is 22.2 Å². The van der Waals surface area contributed by atoms with E-state index in [9.17, 15) is 8.42 Å². The van der Waals surface area contributed by atoms with Gasteiger partial charge in [0.2, 0.25) is 15.2 Å². The topological polar surface area (TPSA) is 78.4 Å². The number of nitrogens with one attached hydrogen (secondary N) is 1. The van der Waals surface area contributed by atoms with Crippen LogP contribution in [0.5, 0.6) is 0 Å². The van der Waals surface area contributed by atoms with Gasteiger partial charge in [-0.2, -0.15) is 4.37 Å². The number of rotatable bonds is 9. The number of sulfonamides is 1. The van der Waals surface area contributed by atoms with Crippen molar-refractivity contribution >= 4 is 38.3 Å². The van der Waals surface area contributed by atoms with E-state index in [-0.39, 0.29) is 5.75 Å². The van der Waals surface area contributed by atoms with E-state index in [4.69, 9.17) is 16.6 Å². The minimum Gasteiger partial charge on any atom is -0.344 e. The summed E-state index contributed by atoms with van der Waals surface area (Å²) >= 11 is 7.38. The molecule has 2 heterocycles. The molecular formula is C22H26ClN5O2S2. The van der Waals surface area contributed by atoms with E-state index in [1.54, 1.807) is 0 Å². The van der Waals surface area contributed by atoms with Gasteiger partial charge in [0.1, 0.15) is 5.82 Å². The molecule has 1 aliphatic heterocycles. The van der Waals surface area contributed by atoms with Crippen LogP contribution in [0, 0.1) is 0 Å². The van der Waals surface area contributed by atoms with Crippen molar-refractivity contribution in [3.05, 3.63) is 76.6 Å². The molecule has 0 spiro atoms. The molecule has 4 rings (SSSR count). The summed E-state index contributed by atoms with van der Waals surface area (Å²) in [6.07, 6.45) is 0.691. The predicted octanol–water partition coefficient (Wildman–Crippen LogP) is 3.02. The van der Waals surface area contributed by atoms with Crippen LogP contribution in [-0.4, -0.2) is 61.9 Å². The van der Waals surface area contributed by atoms with Gasteiger partial charge in [-0.1, -0.05) is 54.1 Å². The Kier molecular flexibility index (Phi) is 7.75. The van der Waals surface area contributed by atoms with Crippen molar-refractivity contribution < 1.29 is 8.42 Å². The molecule has 2 aromatic carbocycles. The van der Waals surface area contributed by atoms with E-state index in [0.29, 0.717) is 19.5 Å². The van der Waals surface area contributed by atoms with Crippen molar-refractivity contribution in [2.45, 2.75) is 12.2 Å². The fraction of sp³-hybridized carbons (Fsp3) is 0.364. The summed E-state index contributed by atoms with van der Waals surface area (Å²) in [5.41, 5.74) is 1.93. The van der Waals surface area contributed by atoms with Crippen LogP contribution in [0.3, 0.4) is 0 Å². The lowest BCUT2D eigenvalue weighted by atomic mass is 10.1. The number of aromatic nitrogens is 2. The maximum absolute atomic E-state index is 12.3. The van der Waals surface area contributed by atoms with E-state index in [1.807, 2.05) is 54.6 Å². The SMILES string of the molecule is O=S(=O)(Cc1ccccc1)NCCN1CCN(c2nc(Cc3ccc(Cl)cc3)ns2)CC1. The highest BCUT2D eigenvalue weighted by Crippen LogP contribution is 2.21. The number of piperazine rings is 1. The Morgan fingerprint density at radius 1 is 0.969 bits per heavy atom. The van der Waals surface area contributed by atoms with Gasteiger partial charge in [0.25, 0.3) is 0 Å². The number of halogens is 1. The smallest absolute Gasteiger partial charge is 0.215 e. The van der Waals surface area contributed by atoms with Crippen LogP contribution < -0.4 is 9.62 Å². The molecule has 7 nitrogen and oxygen atoms in total. The van der Waals surface area contributed by atoms with Gasteiger partial charge in [-0.05, 0) is 23.3 Å². The Balaban J connectivity index is 1.20. The Labute approximate surface area is 198 Å². The highest BCUT2D eigenvalue weighted by molar-refractivity contribution is 7.88. The molecule has 0 aliphatic carbocycles. The normalized spacial score (nSPS) is 15.2. The molecule has 0 saturated carbocycles. The largest absolute Gasteiger partial charge is 0.344 e. The molecule has 0 atom stereocenters. The zero-order chi connectivity index (χ0) is 22.4. The minimum atomic E-state index is -3.33. The zero-order valence-electron chi connectivity index (χ0n) is 17.7. The molecule has 0 unspecified atom stereocenters. The molecule has 32 heavy (non-hydrogen) atoms. The Bertz CT molecular complexity index is 1100. The number of hydrogen-bond donors (Lipinski definition) is 1. The molecular weight excluding hydrogens is 466 g/mol. The lowest BCUT2D eigenvalue weighted by Crippen LogP contribution is -2.48. The van der Waals surface area contributed by atoms with Crippen molar-refractivity contribution in [1.29, 1.82) is 0 Å². The molecule has 1 saturated heterocycles. The summed E-state index contributed by atoms with van der Waals surface area (Å²) < 4.78 is 31.8. The Morgan fingerprint density at radius 2 is 1.69 bits per heavy atom. The van der Waals surface area contributed by atoms with Crippen LogP contribution in [0.2, 0.25) is 5.02 Å². The minimum absolute atomic E-state index is 0.0109. The van der Waals surface area contributed by atoms with E-state index >= 15 is 0 Å². The summed E-state index contributed by atoms with van der Waals surface area (Å²) in [6.45, 7) is 4.55. The van der Waals surface area contributed by atoms with Crippen molar-refractivity contribution in [2.24, 2.45) is 0 Å². The maximum atomic E-state index is 12.3. The molecule has 170 valence electrons. The average Bonchev–Trinajstić information content (AvgIpc) is 3.24. The summed E-state index contributed by atoms with van der Waals surface area (Å²) in [7, 11) is -3.33. The first kappa shape index (κ1) is 23.1. The van der Waals surface area contributed by atoms with Crippen molar-refractivity contribution in [1.82, 2.24) is 19.0 Å². The van der Waals surface area contributed by atoms with Crippen LogP contribution in [0.1, 0.15) is 17.0 Å². The van der Waals surface area contributed by atoms with Gasteiger partial charge in [0.05, 0.1) is 5.75 Å². The Morgan fingerprint density at radius 3 is 2.41 bits per heavy atom. The fourth-order valence-electron chi connectivity index (χ4n) is 3.60. The molecule has 1 aromatic heterocycles. The number of anilines is 1. The predicted molar refractivity (Wildman–Crippen MR) is 130 cm³/mol.